The van der Waals surface area contributed by atoms with Crippen LogP contribution in [0, 0.1) is 0 Å². The number of allylic oxidation sites excluding steroid dienone is 1. The van der Waals surface area contributed by atoms with Crippen molar-refractivity contribution in [3.05, 3.63) is 36.3 Å². The minimum absolute atomic E-state index is 0.0715. The summed E-state index contributed by atoms with van der Waals surface area (Å²) in [6.45, 7) is 0.882. The molecule has 2 heterocycles. The van der Waals surface area contributed by atoms with Gasteiger partial charge in [0, 0.05) is 25.1 Å². The molecule has 0 saturated carbocycles. The van der Waals surface area contributed by atoms with E-state index in [4.69, 9.17) is 0 Å². The standard InChI is InChI=1S/C10H13N3O/c14-10(9-4-5-11-8-9)12-13-6-2-1-3-7-13/h2,4-6,8,11H,1,3,7H2,(H,12,14). The molecule has 4 nitrogen and oxygen atoms in total. The number of carbonyl (C=O) groups is 1. The summed E-state index contributed by atoms with van der Waals surface area (Å²) in [6, 6.07) is 1.75. The molecule has 2 N–H and O–H groups in total. The largest absolute Gasteiger partial charge is 0.367 e. The maximum absolute atomic E-state index is 11.6. The molecule has 1 aromatic rings. The van der Waals surface area contributed by atoms with Crippen LogP contribution in [0.2, 0.25) is 0 Å². The Kier molecular flexibility index (Phi) is 2.53. The van der Waals surface area contributed by atoms with Crippen molar-refractivity contribution in [2.75, 3.05) is 6.54 Å². The van der Waals surface area contributed by atoms with Crippen LogP contribution in [0.15, 0.2) is 30.7 Å². The summed E-state index contributed by atoms with van der Waals surface area (Å²) in [5.74, 6) is -0.0715. The minimum Gasteiger partial charge on any atom is -0.367 e. The van der Waals surface area contributed by atoms with Crippen molar-refractivity contribution in [2.24, 2.45) is 0 Å². The molecule has 74 valence electrons. The first-order valence-corrected chi connectivity index (χ1v) is 4.73. The summed E-state index contributed by atoms with van der Waals surface area (Å²) in [7, 11) is 0. The summed E-state index contributed by atoms with van der Waals surface area (Å²) in [4.78, 5) is 14.4. The first-order valence-electron chi connectivity index (χ1n) is 4.73. The van der Waals surface area contributed by atoms with Gasteiger partial charge in [0.15, 0.2) is 0 Å². The minimum atomic E-state index is -0.0715. The fourth-order valence-corrected chi connectivity index (χ4v) is 1.41. The van der Waals surface area contributed by atoms with Crippen LogP contribution in [0.5, 0.6) is 0 Å². The van der Waals surface area contributed by atoms with Crippen molar-refractivity contribution in [2.45, 2.75) is 12.8 Å². The number of rotatable bonds is 2. The summed E-state index contributed by atoms with van der Waals surface area (Å²) in [5, 5.41) is 1.82. The van der Waals surface area contributed by atoms with E-state index in [-0.39, 0.29) is 5.91 Å². The molecular weight excluding hydrogens is 178 g/mol. The van der Waals surface area contributed by atoms with Gasteiger partial charge in [-0.05, 0) is 18.9 Å². The van der Waals surface area contributed by atoms with E-state index < -0.39 is 0 Å². The average molecular weight is 191 g/mol. The quantitative estimate of drug-likeness (QED) is 0.739. The molecule has 0 atom stereocenters. The smallest absolute Gasteiger partial charge is 0.271 e. The first kappa shape index (κ1) is 8.87. The van der Waals surface area contributed by atoms with Gasteiger partial charge in [0.2, 0.25) is 0 Å². The van der Waals surface area contributed by atoms with Gasteiger partial charge in [-0.25, -0.2) is 0 Å². The van der Waals surface area contributed by atoms with E-state index in [1.165, 1.54) is 0 Å². The van der Waals surface area contributed by atoms with E-state index in [2.05, 4.69) is 16.5 Å². The highest BCUT2D eigenvalue weighted by Crippen LogP contribution is 2.04. The van der Waals surface area contributed by atoms with Gasteiger partial charge in [0.1, 0.15) is 0 Å². The summed E-state index contributed by atoms with van der Waals surface area (Å²) < 4.78 is 0. The molecule has 1 aliphatic rings. The molecule has 0 saturated heterocycles. The Morgan fingerprint density at radius 2 is 2.50 bits per heavy atom. The van der Waals surface area contributed by atoms with E-state index in [0.717, 1.165) is 19.4 Å². The number of aromatic nitrogens is 1. The van der Waals surface area contributed by atoms with Crippen LogP contribution in [0.4, 0.5) is 0 Å². The lowest BCUT2D eigenvalue weighted by molar-refractivity contribution is 0.0846. The Labute approximate surface area is 82.6 Å². The number of hydrogen-bond acceptors (Lipinski definition) is 2. The normalized spacial score (nSPS) is 15.6. The molecular formula is C10H13N3O. The van der Waals surface area contributed by atoms with Gasteiger partial charge in [-0.1, -0.05) is 6.08 Å². The highest BCUT2D eigenvalue weighted by Gasteiger charge is 2.09. The fourth-order valence-electron chi connectivity index (χ4n) is 1.41. The molecule has 14 heavy (non-hydrogen) atoms. The molecule has 1 aromatic heterocycles. The number of aromatic amines is 1. The highest BCUT2D eigenvalue weighted by molar-refractivity contribution is 5.93. The van der Waals surface area contributed by atoms with Crippen molar-refractivity contribution in [3.63, 3.8) is 0 Å². The molecule has 4 heteroatoms. The number of nitrogens with zero attached hydrogens (tertiary/aromatic N) is 1. The van der Waals surface area contributed by atoms with Crippen LogP contribution in [0.3, 0.4) is 0 Å². The van der Waals surface area contributed by atoms with Crippen LogP contribution >= 0.6 is 0 Å². The van der Waals surface area contributed by atoms with Crippen molar-refractivity contribution in [3.8, 4) is 0 Å². The van der Waals surface area contributed by atoms with E-state index in [0.29, 0.717) is 5.56 Å². The van der Waals surface area contributed by atoms with E-state index in [1.54, 1.807) is 18.5 Å². The van der Waals surface area contributed by atoms with E-state index >= 15 is 0 Å². The monoisotopic (exact) mass is 191 g/mol. The number of H-pyrrole nitrogens is 1. The number of hydrazine groups is 1. The molecule has 1 aliphatic heterocycles. The van der Waals surface area contributed by atoms with E-state index in [9.17, 15) is 4.79 Å². The number of carbonyl (C=O) groups excluding carboxylic acids is 1. The van der Waals surface area contributed by atoms with Gasteiger partial charge < -0.3 is 4.98 Å². The van der Waals surface area contributed by atoms with Crippen LogP contribution in [-0.4, -0.2) is 22.4 Å². The Balaban J connectivity index is 1.94. The fraction of sp³-hybridized carbons (Fsp3) is 0.300. The van der Waals surface area contributed by atoms with Gasteiger partial charge >= 0.3 is 0 Å². The van der Waals surface area contributed by atoms with E-state index in [1.807, 2.05) is 11.2 Å². The Morgan fingerprint density at radius 3 is 3.14 bits per heavy atom. The lowest BCUT2D eigenvalue weighted by atomic mass is 10.2. The third kappa shape index (κ3) is 1.96. The zero-order valence-electron chi connectivity index (χ0n) is 7.86. The van der Waals surface area contributed by atoms with Crippen LogP contribution in [-0.2, 0) is 0 Å². The molecule has 0 unspecified atom stereocenters. The second kappa shape index (κ2) is 4.00. The maximum Gasteiger partial charge on any atom is 0.271 e. The van der Waals surface area contributed by atoms with Crippen molar-refractivity contribution >= 4 is 5.91 Å². The zero-order valence-corrected chi connectivity index (χ0v) is 7.86. The van der Waals surface area contributed by atoms with Gasteiger partial charge in [-0.2, -0.15) is 0 Å². The van der Waals surface area contributed by atoms with Crippen molar-refractivity contribution < 1.29 is 4.79 Å². The molecule has 0 aliphatic carbocycles. The molecule has 2 rings (SSSR count). The maximum atomic E-state index is 11.6. The number of nitrogens with one attached hydrogen (secondary N) is 2. The van der Waals surface area contributed by atoms with Crippen LogP contribution in [0.1, 0.15) is 23.2 Å². The van der Waals surface area contributed by atoms with Crippen LogP contribution < -0.4 is 5.43 Å². The van der Waals surface area contributed by atoms with Crippen molar-refractivity contribution in [1.82, 2.24) is 15.4 Å². The predicted molar refractivity (Wildman–Crippen MR) is 53.3 cm³/mol. The summed E-state index contributed by atoms with van der Waals surface area (Å²) in [5.41, 5.74) is 3.47. The average Bonchev–Trinajstić information content (AvgIpc) is 2.72. The molecule has 0 aromatic carbocycles. The SMILES string of the molecule is O=C(NN1C=CCCC1)c1cc[nH]c1. The Morgan fingerprint density at radius 1 is 1.57 bits per heavy atom. The predicted octanol–water partition coefficient (Wildman–Crippen LogP) is 1.27. The second-order valence-corrected chi connectivity index (χ2v) is 3.26. The Hall–Kier alpha value is -1.71. The Bertz CT molecular complexity index is 329. The summed E-state index contributed by atoms with van der Waals surface area (Å²) in [6.07, 6.45) is 9.57. The van der Waals surface area contributed by atoms with Gasteiger partial charge in [-0.3, -0.25) is 15.2 Å². The van der Waals surface area contributed by atoms with Gasteiger partial charge in [0.25, 0.3) is 5.91 Å². The topological polar surface area (TPSA) is 48.1 Å². The molecule has 0 bridgehead atoms. The van der Waals surface area contributed by atoms with Gasteiger partial charge in [-0.15, -0.1) is 0 Å². The molecule has 0 spiro atoms. The van der Waals surface area contributed by atoms with Crippen LogP contribution in [0.25, 0.3) is 0 Å². The zero-order chi connectivity index (χ0) is 9.80. The molecule has 0 radical (unpaired) electrons. The third-order valence-electron chi connectivity index (χ3n) is 2.16. The molecule has 0 fully saturated rings. The molecule has 1 amide bonds. The summed E-state index contributed by atoms with van der Waals surface area (Å²) >= 11 is 0. The van der Waals surface area contributed by atoms with Crippen molar-refractivity contribution in [1.29, 1.82) is 0 Å². The third-order valence-corrected chi connectivity index (χ3v) is 2.16. The van der Waals surface area contributed by atoms with Gasteiger partial charge in [0.05, 0.1) is 5.56 Å². The number of hydrogen-bond donors (Lipinski definition) is 2. The second-order valence-electron chi connectivity index (χ2n) is 3.26. The first-order chi connectivity index (χ1) is 6.86. The lowest BCUT2D eigenvalue weighted by Crippen LogP contribution is -2.39. The number of amides is 1. The lowest BCUT2D eigenvalue weighted by Gasteiger charge is -2.23. The highest BCUT2D eigenvalue weighted by atomic mass is 16.2.